The van der Waals surface area contributed by atoms with Crippen LogP contribution < -0.4 is 5.73 Å². The van der Waals surface area contributed by atoms with Crippen LogP contribution in [0, 0.1) is 0 Å². The maximum atomic E-state index is 11.3. The van der Waals surface area contributed by atoms with Crippen LogP contribution in [0.15, 0.2) is 12.3 Å². The van der Waals surface area contributed by atoms with Crippen LogP contribution in [0.4, 0.5) is 0 Å². The molecule has 0 saturated heterocycles. The van der Waals surface area contributed by atoms with Crippen LogP contribution in [0.2, 0.25) is 0 Å². The lowest BCUT2D eigenvalue weighted by molar-refractivity contribution is -0.113. The Morgan fingerprint density at radius 3 is 2.80 bits per heavy atom. The normalized spacial score (nSPS) is 10.5. The molecular formula is C9H11N3O3. The zero-order valence-electron chi connectivity index (χ0n) is 8.43. The number of hydrogen-bond acceptors (Lipinski definition) is 4. The summed E-state index contributed by atoms with van der Waals surface area (Å²) in [6.45, 7) is 0. The molecule has 1 heterocycles. The van der Waals surface area contributed by atoms with Crippen molar-refractivity contribution in [1.82, 2.24) is 9.78 Å². The lowest BCUT2D eigenvalue weighted by atomic mass is 10.2. The topological polar surface area (TPSA) is 87.2 Å². The Labute approximate surface area is 86.3 Å². The summed E-state index contributed by atoms with van der Waals surface area (Å²) in [6, 6.07) is 0. The minimum Gasteiger partial charge on any atom is -0.464 e. The van der Waals surface area contributed by atoms with E-state index in [1.54, 1.807) is 7.05 Å². The molecule has 1 aromatic rings. The van der Waals surface area contributed by atoms with E-state index < -0.39 is 11.9 Å². The molecule has 0 radical (unpaired) electrons. The second kappa shape index (κ2) is 4.41. The van der Waals surface area contributed by atoms with Gasteiger partial charge in [0.05, 0.1) is 13.3 Å². The monoisotopic (exact) mass is 209 g/mol. The van der Waals surface area contributed by atoms with Crippen molar-refractivity contribution in [2.75, 3.05) is 7.11 Å². The van der Waals surface area contributed by atoms with Crippen LogP contribution in [-0.2, 0) is 16.6 Å². The molecule has 1 aromatic heterocycles. The van der Waals surface area contributed by atoms with Crippen molar-refractivity contribution in [2.24, 2.45) is 12.8 Å². The van der Waals surface area contributed by atoms with Gasteiger partial charge in [-0.25, -0.2) is 4.79 Å². The minimum atomic E-state index is -0.588. The molecule has 2 N–H and O–H groups in total. The summed E-state index contributed by atoms with van der Waals surface area (Å²) < 4.78 is 5.94. The number of amides is 1. The van der Waals surface area contributed by atoms with E-state index in [9.17, 15) is 9.59 Å². The van der Waals surface area contributed by atoms with E-state index in [1.165, 1.54) is 24.1 Å². The molecule has 0 aromatic carbocycles. The average molecular weight is 209 g/mol. The van der Waals surface area contributed by atoms with Gasteiger partial charge in [-0.15, -0.1) is 0 Å². The van der Waals surface area contributed by atoms with Gasteiger partial charge >= 0.3 is 5.97 Å². The van der Waals surface area contributed by atoms with Crippen molar-refractivity contribution in [2.45, 2.75) is 0 Å². The summed E-state index contributed by atoms with van der Waals surface area (Å²) in [5.74, 6) is -1.10. The molecule has 6 nitrogen and oxygen atoms in total. The quantitative estimate of drug-likeness (QED) is 0.547. The first-order valence-electron chi connectivity index (χ1n) is 4.14. The van der Waals surface area contributed by atoms with Gasteiger partial charge in [-0.2, -0.15) is 5.10 Å². The number of methoxy groups -OCH3 is 1. The Kier molecular flexibility index (Phi) is 3.22. The molecule has 1 rings (SSSR count). The van der Waals surface area contributed by atoms with E-state index in [-0.39, 0.29) is 5.69 Å². The fourth-order valence-electron chi connectivity index (χ4n) is 1.10. The zero-order valence-corrected chi connectivity index (χ0v) is 8.43. The maximum absolute atomic E-state index is 11.3. The molecule has 80 valence electrons. The number of hydrogen-bond donors (Lipinski definition) is 1. The predicted octanol–water partition coefficient (Wildman–Crippen LogP) is -0.295. The fourth-order valence-corrected chi connectivity index (χ4v) is 1.10. The predicted molar refractivity (Wildman–Crippen MR) is 52.8 cm³/mol. The molecule has 0 aliphatic rings. The van der Waals surface area contributed by atoms with Gasteiger partial charge in [0.25, 0.3) is 0 Å². The highest BCUT2D eigenvalue weighted by atomic mass is 16.5. The number of nitrogens with zero attached hydrogens (tertiary/aromatic N) is 2. The minimum absolute atomic E-state index is 0.273. The molecule has 0 fully saturated rings. The molecule has 1 amide bonds. The molecular weight excluding hydrogens is 198 g/mol. The summed E-state index contributed by atoms with van der Waals surface area (Å²) in [7, 11) is 2.88. The fraction of sp³-hybridized carbons (Fsp3) is 0.222. The second-order valence-electron chi connectivity index (χ2n) is 2.80. The number of carbonyl (C=O) groups excluding carboxylic acids is 2. The van der Waals surface area contributed by atoms with Crippen LogP contribution in [-0.4, -0.2) is 28.8 Å². The van der Waals surface area contributed by atoms with E-state index >= 15 is 0 Å². The highest BCUT2D eigenvalue weighted by Crippen LogP contribution is 2.10. The number of aryl methyl sites for hydroxylation is 1. The Hall–Kier alpha value is -2.11. The van der Waals surface area contributed by atoms with Crippen LogP contribution in [0.3, 0.4) is 0 Å². The second-order valence-corrected chi connectivity index (χ2v) is 2.80. The van der Waals surface area contributed by atoms with Crippen molar-refractivity contribution in [1.29, 1.82) is 0 Å². The molecule has 6 heteroatoms. The summed E-state index contributed by atoms with van der Waals surface area (Å²) in [5.41, 5.74) is 5.70. The van der Waals surface area contributed by atoms with Crippen molar-refractivity contribution >= 4 is 18.0 Å². The van der Waals surface area contributed by atoms with E-state index in [0.717, 1.165) is 6.08 Å². The number of primary amides is 1. The van der Waals surface area contributed by atoms with Gasteiger partial charge in [0, 0.05) is 18.7 Å². The largest absolute Gasteiger partial charge is 0.464 e. The van der Waals surface area contributed by atoms with Crippen LogP contribution in [0.25, 0.3) is 6.08 Å². The third-order valence-corrected chi connectivity index (χ3v) is 1.77. The summed E-state index contributed by atoms with van der Waals surface area (Å²) >= 11 is 0. The number of rotatable bonds is 3. The van der Waals surface area contributed by atoms with E-state index in [4.69, 9.17) is 5.73 Å². The van der Waals surface area contributed by atoms with Gasteiger partial charge in [0.1, 0.15) is 0 Å². The maximum Gasteiger partial charge on any atom is 0.356 e. The number of carbonyl (C=O) groups is 2. The van der Waals surface area contributed by atoms with Crippen LogP contribution in [0.1, 0.15) is 16.1 Å². The van der Waals surface area contributed by atoms with Crippen LogP contribution in [0.5, 0.6) is 0 Å². The molecule has 15 heavy (non-hydrogen) atoms. The Bertz CT molecular complexity index is 420. The van der Waals surface area contributed by atoms with Crippen molar-refractivity contribution in [3.05, 3.63) is 23.5 Å². The summed E-state index contributed by atoms with van der Waals surface area (Å²) in [4.78, 5) is 21.8. The third kappa shape index (κ3) is 2.43. The first-order valence-corrected chi connectivity index (χ1v) is 4.14. The molecule has 0 aliphatic heterocycles. The van der Waals surface area contributed by atoms with Crippen molar-refractivity contribution < 1.29 is 14.3 Å². The number of esters is 1. The van der Waals surface area contributed by atoms with Gasteiger partial charge in [-0.05, 0) is 6.08 Å². The molecule has 0 saturated carbocycles. The van der Waals surface area contributed by atoms with E-state index in [2.05, 4.69) is 9.84 Å². The first-order chi connectivity index (χ1) is 7.06. The van der Waals surface area contributed by atoms with E-state index in [0.29, 0.717) is 5.56 Å². The zero-order chi connectivity index (χ0) is 11.4. The standard InChI is InChI=1S/C9H11N3O3/c1-12-8(9(14)15-2)6(5-11-12)3-4-7(10)13/h3-5H,1-2H3,(H2,10,13). The third-order valence-electron chi connectivity index (χ3n) is 1.77. The smallest absolute Gasteiger partial charge is 0.356 e. The van der Waals surface area contributed by atoms with Crippen molar-refractivity contribution in [3.8, 4) is 0 Å². The molecule has 0 aliphatic carbocycles. The lowest BCUT2D eigenvalue weighted by Gasteiger charge is -2.00. The number of aromatic nitrogens is 2. The van der Waals surface area contributed by atoms with Crippen LogP contribution >= 0.6 is 0 Å². The lowest BCUT2D eigenvalue weighted by Crippen LogP contribution is -2.10. The van der Waals surface area contributed by atoms with Gasteiger partial charge in [0.2, 0.25) is 5.91 Å². The SMILES string of the molecule is COC(=O)c1c(C=CC(N)=O)cnn1C. The van der Waals surface area contributed by atoms with Crippen molar-refractivity contribution in [3.63, 3.8) is 0 Å². The first kappa shape index (κ1) is 11.0. The van der Waals surface area contributed by atoms with Gasteiger partial charge in [-0.3, -0.25) is 9.48 Å². The Morgan fingerprint density at radius 1 is 1.60 bits per heavy atom. The molecule has 0 bridgehead atoms. The molecule has 0 atom stereocenters. The highest BCUT2D eigenvalue weighted by Gasteiger charge is 2.15. The summed E-state index contributed by atoms with van der Waals surface area (Å²) in [5, 5.41) is 3.88. The molecule has 0 unspecified atom stereocenters. The summed E-state index contributed by atoms with van der Waals surface area (Å²) in [6.07, 6.45) is 4.02. The van der Waals surface area contributed by atoms with E-state index in [1.807, 2.05) is 0 Å². The molecule has 0 spiro atoms. The highest BCUT2D eigenvalue weighted by molar-refractivity contribution is 5.95. The Balaban J connectivity index is 3.09. The van der Waals surface area contributed by atoms with Gasteiger partial charge in [0.15, 0.2) is 5.69 Å². The van der Waals surface area contributed by atoms with Gasteiger partial charge in [-0.1, -0.05) is 0 Å². The average Bonchev–Trinajstić information content (AvgIpc) is 2.55. The number of nitrogens with two attached hydrogens (primary N) is 1. The number of ether oxygens (including phenoxy) is 1. The van der Waals surface area contributed by atoms with Gasteiger partial charge < -0.3 is 10.5 Å². The Morgan fingerprint density at radius 2 is 2.27 bits per heavy atom.